The van der Waals surface area contributed by atoms with Gasteiger partial charge < -0.3 is 25.2 Å². The van der Waals surface area contributed by atoms with Gasteiger partial charge in [-0.05, 0) is 26.7 Å². The minimum atomic E-state index is -0.751. The Kier molecular flexibility index (Phi) is 11.0. The number of halogens is 1. The van der Waals surface area contributed by atoms with Crippen molar-refractivity contribution in [1.82, 2.24) is 4.90 Å². The number of hydrogen-bond acceptors (Lipinski definition) is 5. The number of hydrogen-bond donors (Lipinski definition) is 2. The summed E-state index contributed by atoms with van der Waals surface area (Å²) >= 11 is 0. The Bertz CT molecular complexity index is 336. The van der Waals surface area contributed by atoms with Crippen molar-refractivity contribution < 1.29 is 19.4 Å². The first kappa shape index (κ1) is 22.6. The predicted octanol–water partition coefficient (Wildman–Crippen LogP) is 1.33. The molecule has 23 heavy (non-hydrogen) atoms. The highest BCUT2D eigenvalue weighted by atomic mass is 35.5. The van der Waals surface area contributed by atoms with Gasteiger partial charge in [0.2, 0.25) is 5.91 Å². The van der Waals surface area contributed by atoms with Crippen LogP contribution in [0.1, 0.15) is 46.0 Å². The lowest BCUT2D eigenvalue weighted by Crippen LogP contribution is -2.56. The Morgan fingerprint density at radius 3 is 2.43 bits per heavy atom. The van der Waals surface area contributed by atoms with Crippen LogP contribution in [0.3, 0.4) is 0 Å². The summed E-state index contributed by atoms with van der Waals surface area (Å²) in [6, 6.07) is 0. The predicted molar refractivity (Wildman–Crippen MR) is 92.8 cm³/mol. The second-order valence-corrected chi connectivity index (χ2v) is 6.55. The van der Waals surface area contributed by atoms with E-state index in [-0.39, 0.29) is 37.6 Å². The average Bonchev–Trinajstić information content (AvgIpc) is 2.46. The quantitative estimate of drug-likeness (QED) is 0.611. The molecule has 1 amide bonds. The molecule has 0 saturated heterocycles. The fourth-order valence-electron chi connectivity index (χ4n) is 2.79. The number of nitrogens with two attached hydrogens (primary N) is 1. The molecule has 0 aliphatic heterocycles. The number of likely N-dealkylation sites (N-methyl/N-ethyl adjacent to an activating group) is 1. The van der Waals surface area contributed by atoms with Crippen LogP contribution in [0, 0.1) is 0 Å². The highest BCUT2D eigenvalue weighted by molar-refractivity contribution is 5.86. The molecule has 1 aliphatic rings. The second kappa shape index (κ2) is 11.2. The molecule has 0 radical (unpaired) electrons. The minimum Gasteiger partial charge on any atom is -0.389 e. The van der Waals surface area contributed by atoms with Gasteiger partial charge in [0.25, 0.3) is 0 Å². The number of aliphatic hydroxyl groups is 1. The van der Waals surface area contributed by atoms with E-state index in [1.807, 2.05) is 13.8 Å². The maximum absolute atomic E-state index is 12.4. The van der Waals surface area contributed by atoms with Crippen molar-refractivity contribution >= 4 is 18.3 Å². The Balaban J connectivity index is 0.00000484. The molecule has 1 saturated carbocycles. The summed E-state index contributed by atoms with van der Waals surface area (Å²) in [6.45, 7) is 5.30. The van der Waals surface area contributed by atoms with Crippen LogP contribution < -0.4 is 5.73 Å². The summed E-state index contributed by atoms with van der Waals surface area (Å²) in [5.41, 5.74) is 5.48. The van der Waals surface area contributed by atoms with Gasteiger partial charge in [-0.3, -0.25) is 4.79 Å². The van der Waals surface area contributed by atoms with Gasteiger partial charge in [0.1, 0.15) is 0 Å². The van der Waals surface area contributed by atoms with Crippen molar-refractivity contribution in [3.05, 3.63) is 0 Å². The SMILES string of the molecule is CC(C)OCCOCC(O)CN(C)C(=O)C1(N)CCCCC1.Cl. The molecule has 1 fully saturated rings. The Labute approximate surface area is 146 Å². The number of aliphatic hydroxyl groups excluding tert-OH is 1. The minimum absolute atomic E-state index is 0. The van der Waals surface area contributed by atoms with Gasteiger partial charge in [-0.2, -0.15) is 0 Å². The molecule has 0 aromatic heterocycles. The van der Waals surface area contributed by atoms with Crippen LogP contribution in [0.2, 0.25) is 0 Å². The standard InChI is InChI=1S/C16H32N2O4.ClH/c1-13(2)22-10-9-21-12-14(19)11-18(3)15(20)16(17)7-5-4-6-8-16;/h13-14,19H,4-12,17H2,1-3H3;1H. The van der Waals surface area contributed by atoms with E-state index in [9.17, 15) is 9.90 Å². The Hall–Kier alpha value is -0.400. The molecule has 1 atom stereocenters. The highest BCUT2D eigenvalue weighted by Gasteiger charge is 2.37. The van der Waals surface area contributed by atoms with E-state index < -0.39 is 11.6 Å². The lowest BCUT2D eigenvalue weighted by molar-refractivity contribution is -0.138. The van der Waals surface area contributed by atoms with Gasteiger partial charge in [0.15, 0.2) is 0 Å². The molecule has 6 nitrogen and oxygen atoms in total. The molecule has 138 valence electrons. The Morgan fingerprint density at radius 1 is 1.26 bits per heavy atom. The van der Waals surface area contributed by atoms with E-state index in [0.29, 0.717) is 13.2 Å². The zero-order chi connectivity index (χ0) is 16.6. The summed E-state index contributed by atoms with van der Waals surface area (Å²) in [5, 5.41) is 9.96. The summed E-state index contributed by atoms with van der Waals surface area (Å²) in [4.78, 5) is 14.0. The molecule has 7 heteroatoms. The third-order valence-corrected chi connectivity index (χ3v) is 3.99. The van der Waals surface area contributed by atoms with Crippen molar-refractivity contribution in [3.8, 4) is 0 Å². The molecule has 0 aromatic carbocycles. The number of ether oxygens (including phenoxy) is 2. The van der Waals surface area contributed by atoms with Gasteiger partial charge in [0, 0.05) is 13.6 Å². The molecule has 1 rings (SSSR count). The number of rotatable bonds is 9. The van der Waals surface area contributed by atoms with Gasteiger partial charge in [-0.15, -0.1) is 12.4 Å². The van der Waals surface area contributed by atoms with Crippen LogP contribution in [0.4, 0.5) is 0 Å². The lowest BCUT2D eigenvalue weighted by atomic mass is 9.81. The monoisotopic (exact) mass is 352 g/mol. The number of carbonyl (C=O) groups excluding carboxylic acids is 1. The van der Waals surface area contributed by atoms with Crippen LogP contribution in [0.25, 0.3) is 0 Å². The molecular weight excluding hydrogens is 320 g/mol. The smallest absolute Gasteiger partial charge is 0.242 e. The molecule has 1 aliphatic carbocycles. The van der Waals surface area contributed by atoms with Crippen molar-refractivity contribution in [2.45, 2.75) is 63.7 Å². The first-order chi connectivity index (χ1) is 10.3. The highest BCUT2D eigenvalue weighted by Crippen LogP contribution is 2.27. The van der Waals surface area contributed by atoms with E-state index in [1.54, 1.807) is 7.05 Å². The van der Waals surface area contributed by atoms with Gasteiger partial charge >= 0.3 is 0 Å². The zero-order valence-electron chi connectivity index (χ0n) is 14.6. The average molecular weight is 353 g/mol. The van der Waals surface area contributed by atoms with E-state index in [0.717, 1.165) is 32.1 Å². The topological polar surface area (TPSA) is 85.0 Å². The Morgan fingerprint density at radius 2 is 1.87 bits per heavy atom. The summed E-state index contributed by atoms with van der Waals surface area (Å²) in [7, 11) is 1.69. The summed E-state index contributed by atoms with van der Waals surface area (Å²) in [5.74, 6) is -0.0746. The molecular formula is C16H33ClN2O4. The van der Waals surface area contributed by atoms with Gasteiger partial charge in [-0.1, -0.05) is 19.3 Å². The van der Waals surface area contributed by atoms with Crippen molar-refractivity contribution in [3.63, 3.8) is 0 Å². The van der Waals surface area contributed by atoms with E-state index in [2.05, 4.69) is 0 Å². The lowest BCUT2D eigenvalue weighted by Gasteiger charge is -2.36. The van der Waals surface area contributed by atoms with Crippen LogP contribution in [0.15, 0.2) is 0 Å². The van der Waals surface area contributed by atoms with Crippen molar-refractivity contribution in [2.24, 2.45) is 5.73 Å². The first-order valence-electron chi connectivity index (χ1n) is 8.27. The van der Waals surface area contributed by atoms with E-state index >= 15 is 0 Å². The van der Waals surface area contributed by atoms with E-state index in [4.69, 9.17) is 15.2 Å². The molecule has 0 aromatic rings. The second-order valence-electron chi connectivity index (χ2n) is 6.55. The van der Waals surface area contributed by atoms with Crippen LogP contribution in [-0.2, 0) is 14.3 Å². The third-order valence-electron chi connectivity index (χ3n) is 3.99. The third kappa shape index (κ3) is 8.31. The molecule has 0 heterocycles. The summed E-state index contributed by atoms with van der Waals surface area (Å²) in [6.07, 6.45) is 4.07. The molecule has 0 bridgehead atoms. The van der Waals surface area contributed by atoms with Crippen molar-refractivity contribution in [1.29, 1.82) is 0 Å². The van der Waals surface area contributed by atoms with Crippen LogP contribution in [-0.4, -0.2) is 67.1 Å². The first-order valence-corrected chi connectivity index (χ1v) is 8.27. The largest absolute Gasteiger partial charge is 0.389 e. The zero-order valence-corrected chi connectivity index (χ0v) is 15.4. The van der Waals surface area contributed by atoms with E-state index in [1.165, 1.54) is 4.90 Å². The maximum atomic E-state index is 12.4. The fourth-order valence-corrected chi connectivity index (χ4v) is 2.79. The molecule has 0 spiro atoms. The summed E-state index contributed by atoms with van der Waals surface area (Å²) < 4.78 is 10.7. The number of amides is 1. The van der Waals surface area contributed by atoms with Gasteiger partial charge in [0.05, 0.1) is 37.6 Å². The molecule has 1 unspecified atom stereocenters. The number of nitrogens with zero attached hydrogens (tertiary/aromatic N) is 1. The number of carbonyl (C=O) groups is 1. The molecule has 3 N–H and O–H groups in total. The van der Waals surface area contributed by atoms with Crippen LogP contribution in [0.5, 0.6) is 0 Å². The van der Waals surface area contributed by atoms with Crippen LogP contribution >= 0.6 is 12.4 Å². The van der Waals surface area contributed by atoms with Crippen molar-refractivity contribution in [2.75, 3.05) is 33.4 Å². The normalized spacial score (nSPS) is 18.3. The fraction of sp³-hybridized carbons (Fsp3) is 0.938. The van der Waals surface area contributed by atoms with Gasteiger partial charge in [-0.25, -0.2) is 0 Å². The maximum Gasteiger partial charge on any atom is 0.242 e.